The van der Waals surface area contributed by atoms with Gasteiger partial charge in [0.05, 0.1) is 5.69 Å². The van der Waals surface area contributed by atoms with E-state index < -0.39 is 0 Å². The third-order valence-electron chi connectivity index (χ3n) is 2.71. The lowest BCUT2D eigenvalue weighted by atomic mass is 9.91. The Labute approximate surface area is 121 Å². The van der Waals surface area contributed by atoms with Gasteiger partial charge >= 0.3 is 0 Å². The Hall–Kier alpha value is -2.08. The van der Waals surface area contributed by atoms with E-state index in [-0.39, 0.29) is 11.3 Å². The zero-order chi connectivity index (χ0) is 14.8. The minimum atomic E-state index is -0.235. The Kier molecular flexibility index (Phi) is 3.94. The number of amides is 1. The number of aldehydes is 1. The van der Waals surface area contributed by atoms with E-state index in [0.717, 1.165) is 17.8 Å². The molecule has 1 aromatic carbocycles. The molecule has 0 bridgehead atoms. The number of rotatable bonds is 3. The SMILES string of the molecule is CC(C)(C)c1nnsc1C(=O)Nc1ccc(C=O)cc1. The highest BCUT2D eigenvalue weighted by molar-refractivity contribution is 7.08. The molecular weight excluding hydrogens is 274 g/mol. The number of benzene rings is 1. The summed E-state index contributed by atoms with van der Waals surface area (Å²) < 4.78 is 3.86. The van der Waals surface area contributed by atoms with Crippen molar-refractivity contribution in [3.05, 3.63) is 40.4 Å². The van der Waals surface area contributed by atoms with Crippen molar-refractivity contribution < 1.29 is 9.59 Å². The molecule has 2 rings (SSSR count). The van der Waals surface area contributed by atoms with E-state index in [0.29, 0.717) is 21.8 Å². The van der Waals surface area contributed by atoms with Crippen molar-refractivity contribution >= 4 is 29.4 Å². The molecule has 0 aliphatic carbocycles. The summed E-state index contributed by atoms with van der Waals surface area (Å²) in [6, 6.07) is 6.68. The molecule has 0 aliphatic heterocycles. The summed E-state index contributed by atoms with van der Waals surface area (Å²) in [6.45, 7) is 5.96. The van der Waals surface area contributed by atoms with E-state index in [9.17, 15) is 9.59 Å². The van der Waals surface area contributed by atoms with Crippen molar-refractivity contribution in [1.82, 2.24) is 9.59 Å². The van der Waals surface area contributed by atoms with Crippen molar-refractivity contribution in [3.8, 4) is 0 Å². The van der Waals surface area contributed by atoms with Crippen molar-refractivity contribution in [2.45, 2.75) is 26.2 Å². The van der Waals surface area contributed by atoms with Gasteiger partial charge in [-0.2, -0.15) is 0 Å². The Balaban J connectivity index is 2.20. The number of carbonyl (C=O) groups is 2. The molecule has 1 aromatic heterocycles. The maximum atomic E-state index is 12.2. The predicted molar refractivity (Wildman–Crippen MR) is 78.4 cm³/mol. The van der Waals surface area contributed by atoms with Crippen molar-refractivity contribution in [2.24, 2.45) is 0 Å². The Morgan fingerprint density at radius 1 is 1.25 bits per heavy atom. The van der Waals surface area contributed by atoms with Gasteiger partial charge in [-0.15, -0.1) is 5.10 Å². The van der Waals surface area contributed by atoms with Crippen LogP contribution in [0.15, 0.2) is 24.3 Å². The van der Waals surface area contributed by atoms with E-state index >= 15 is 0 Å². The van der Waals surface area contributed by atoms with Crippen LogP contribution in [0, 0.1) is 0 Å². The first-order chi connectivity index (χ1) is 9.41. The third kappa shape index (κ3) is 3.08. The van der Waals surface area contributed by atoms with E-state index in [1.165, 1.54) is 0 Å². The first-order valence-electron chi connectivity index (χ1n) is 6.11. The van der Waals surface area contributed by atoms with Gasteiger partial charge in [-0.1, -0.05) is 25.3 Å². The fourth-order valence-electron chi connectivity index (χ4n) is 1.66. The second kappa shape index (κ2) is 5.50. The number of nitrogens with one attached hydrogen (secondary N) is 1. The first-order valence-corrected chi connectivity index (χ1v) is 6.88. The van der Waals surface area contributed by atoms with Crippen LogP contribution < -0.4 is 5.32 Å². The molecule has 0 spiro atoms. The summed E-state index contributed by atoms with van der Waals surface area (Å²) in [7, 11) is 0. The van der Waals surface area contributed by atoms with Gasteiger partial charge in [0, 0.05) is 16.7 Å². The molecule has 0 fully saturated rings. The molecule has 6 heteroatoms. The molecule has 0 saturated carbocycles. The maximum absolute atomic E-state index is 12.2. The first kappa shape index (κ1) is 14.3. The number of anilines is 1. The van der Waals surface area contributed by atoms with Crippen molar-refractivity contribution in [1.29, 1.82) is 0 Å². The van der Waals surface area contributed by atoms with Gasteiger partial charge in [0.25, 0.3) is 5.91 Å². The number of hydrogen-bond donors (Lipinski definition) is 1. The quantitative estimate of drug-likeness (QED) is 0.882. The molecule has 1 N–H and O–H groups in total. The topological polar surface area (TPSA) is 72.0 Å². The van der Waals surface area contributed by atoms with Crippen LogP contribution in [0.3, 0.4) is 0 Å². The molecule has 0 saturated heterocycles. The van der Waals surface area contributed by atoms with Crippen LogP contribution in [0.4, 0.5) is 5.69 Å². The fraction of sp³-hybridized carbons (Fsp3) is 0.286. The van der Waals surface area contributed by atoms with Crippen LogP contribution in [0.1, 0.15) is 46.5 Å². The molecule has 0 radical (unpaired) electrons. The molecule has 1 heterocycles. The van der Waals surface area contributed by atoms with Gasteiger partial charge in [-0.05, 0) is 35.8 Å². The molecular formula is C14H15N3O2S. The smallest absolute Gasteiger partial charge is 0.269 e. The van der Waals surface area contributed by atoms with Gasteiger partial charge in [-0.3, -0.25) is 9.59 Å². The summed E-state index contributed by atoms with van der Waals surface area (Å²) in [5.41, 5.74) is 1.65. The molecule has 20 heavy (non-hydrogen) atoms. The van der Waals surface area contributed by atoms with Crippen LogP contribution in [-0.2, 0) is 5.41 Å². The molecule has 0 atom stereocenters. The highest BCUT2D eigenvalue weighted by atomic mass is 32.1. The molecule has 1 amide bonds. The summed E-state index contributed by atoms with van der Waals surface area (Å²) in [6.07, 6.45) is 0.760. The second-order valence-corrected chi connectivity index (χ2v) is 6.15. The molecule has 5 nitrogen and oxygen atoms in total. The normalized spacial score (nSPS) is 11.2. The van der Waals surface area contributed by atoms with Gasteiger partial charge in [0.2, 0.25) is 0 Å². The van der Waals surface area contributed by atoms with Gasteiger partial charge < -0.3 is 5.32 Å². The highest BCUT2D eigenvalue weighted by Gasteiger charge is 2.26. The molecule has 2 aromatic rings. The average Bonchev–Trinajstić information content (AvgIpc) is 2.89. The highest BCUT2D eigenvalue weighted by Crippen LogP contribution is 2.26. The van der Waals surface area contributed by atoms with E-state index in [1.54, 1.807) is 24.3 Å². The molecule has 104 valence electrons. The van der Waals surface area contributed by atoms with E-state index in [4.69, 9.17) is 0 Å². The van der Waals surface area contributed by atoms with Crippen LogP contribution in [0.2, 0.25) is 0 Å². The number of aromatic nitrogens is 2. The van der Waals surface area contributed by atoms with Crippen molar-refractivity contribution in [2.75, 3.05) is 5.32 Å². The van der Waals surface area contributed by atoms with Crippen LogP contribution in [-0.4, -0.2) is 21.8 Å². The van der Waals surface area contributed by atoms with Gasteiger partial charge in [-0.25, -0.2) is 0 Å². The average molecular weight is 289 g/mol. The second-order valence-electron chi connectivity index (χ2n) is 5.39. The molecule has 0 aliphatic rings. The van der Waals surface area contributed by atoms with Crippen LogP contribution in [0.5, 0.6) is 0 Å². The van der Waals surface area contributed by atoms with Gasteiger partial charge in [0.1, 0.15) is 11.2 Å². The lowest BCUT2D eigenvalue weighted by Crippen LogP contribution is -2.19. The zero-order valence-electron chi connectivity index (χ0n) is 11.5. The van der Waals surface area contributed by atoms with E-state index in [2.05, 4.69) is 14.9 Å². The monoisotopic (exact) mass is 289 g/mol. The van der Waals surface area contributed by atoms with E-state index in [1.807, 2.05) is 20.8 Å². The largest absolute Gasteiger partial charge is 0.321 e. The standard InChI is InChI=1S/C14H15N3O2S/c1-14(2,3)12-11(20-17-16-12)13(19)15-10-6-4-9(8-18)5-7-10/h4-8H,1-3H3,(H,15,19). The fourth-order valence-corrected chi connectivity index (χ4v) is 2.43. The van der Waals surface area contributed by atoms with Crippen LogP contribution in [0.25, 0.3) is 0 Å². The third-order valence-corrected chi connectivity index (χ3v) is 3.43. The number of carbonyl (C=O) groups excluding carboxylic acids is 2. The summed E-state index contributed by atoms with van der Waals surface area (Å²) in [4.78, 5) is 23.3. The zero-order valence-corrected chi connectivity index (χ0v) is 12.3. The van der Waals surface area contributed by atoms with Crippen LogP contribution >= 0.6 is 11.5 Å². The lowest BCUT2D eigenvalue weighted by Gasteiger charge is -2.16. The van der Waals surface area contributed by atoms with Gasteiger partial charge in [0.15, 0.2) is 0 Å². The molecule has 0 unspecified atom stereocenters. The maximum Gasteiger partial charge on any atom is 0.269 e. The summed E-state index contributed by atoms with van der Waals surface area (Å²) in [5, 5.41) is 6.82. The number of nitrogens with zero attached hydrogens (tertiary/aromatic N) is 2. The minimum absolute atomic E-state index is 0.233. The predicted octanol–water partition coefficient (Wildman–Crippen LogP) is 2.90. The Bertz CT molecular complexity index is 627. The Morgan fingerprint density at radius 3 is 2.45 bits per heavy atom. The van der Waals surface area contributed by atoms with Crippen molar-refractivity contribution in [3.63, 3.8) is 0 Å². The summed E-state index contributed by atoms with van der Waals surface area (Å²) in [5.74, 6) is -0.233. The Morgan fingerprint density at radius 2 is 1.90 bits per heavy atom. The summed E-state index contributed by atoms with van der Waals surface area (Å²) >= 11 is 1.08. The lowest BCUT2D eigenvalue weighted by molar-refractivity contribution is 0.102. The number of hydrogen-bond acceptors (Lipinski definition) is 5. The minimum Gasteiger partial charge on any atom is -0.321 e.